The lowest BCUT2D eigenvalue weighted by atomic mass is 9.95. The van der Waals surface area contributed by atoms with Crippen molar-refractivity contribution in [3.05, 3.63) is 81.2 Å². The predicted molar refractivity (Wildman–Crippen MR) is 132 cm³/mol. The summed E-state index contributed by atoms with van der Waals surface area (Å²) in [6.45, 7) is 8.00. The first-order valence-corrected chi connectivity index (χ1v) is 11.8. The van der Waals surface area contributed by atoms with Crippen molar-refractivity contribution >= 4 is 23.0 Å². The zero-order chi connectivity index (χ0) is 24.1. The van der Waals surface area contributed by atoms with Crippen molar-refractivity contribution in [1.82, 2.24) is 14.8 Å². The van der Waals surface area contributed by atoms with Gasteiger partial charge in [-0.15, -0.1) is 21.5 Å². The van der Waals surface area contributed by atoms with Gasteiger partial charge in [-0.1, -0.05) is 30.3 Å². The molecular formula is C26H24N4O3S. The van der Waals surface area contributed by atoms with Crippen LogP contribution in [0.4, 0.5) is 0 Å². The van der Waals surface area contributed by atoms with Crippen molar-refractivity contribution < 1.29 is 15.0 Å². The molecule has 0 aliphatic carbocycles. The van der Waals surface area contributed by atoms with E-state index in [0.717, 1.165) is 44.1 Å². The van der Waals surface area contributed by atoms with Crippen molar-refractivity contribution in [2.45, 2.75) is 40.2 Å². The number of hydrogen-bond donors (Lipinski definition) is 2. The summed E-state index contributed by atoms with van der Waals surface area (Å²) in [6, 6.07) is 12.8. The minimum absolute atomic E-state index is 0.167. The number of rotatable bonds is 4. The smallest absolute Gasteiger partial charge is 0.306 e. The number of hydrogen-bond acceptors (Lipinski definition) is 6. The molecule has 172 valence electrons. The maximum absolute atomic E-state index is 11.7. The van der Waals surface area contributed by atoms with Crippen LogP contribution in [0, 0.1) is 27.7 Å². The van der Waals surface area contributed by atoms with E-state index in [1.807, 2.05) is 48.7 Å². The third-order valence-corrected chi connectivity index (χ3v) is 7.48. The Morgan fingerprint density at radius 2 is 1.74 bits per heavy atom. The Labute approximate surface area is 201 Å². The lowest BCUT2D eigenvalue weighted by molar-refractivity contribution is -0.137. The molecule has 0 amide bonds. The van der Waals surface area contributed by atoms with Crippen molar-refractivity contribution in [2.75, 3.05) is 0 Å². The summed E-state index contributed by atoms with van der Waals surface area (Å²) in [5.74, 6) is 0.570. The number of aryl methyl sites for hydroxylation is 3. The van der Waals surface area contributed by atoms with Crippen LogP contribution in [0.2, 0.25) is 0 Å². The Morgan fingerprint density at radius 3 is 2.41 bits per heavy atom. The Kier molecular flexibility index (Phi) is 5.32. The predicted octanol–water partition coefficient (Wildman–Crippen LogP) is 5.30. The van der Waals surface area contributed by atoms with Crippen LogP contribution in [0.5, 0.6) is 5.75 Å². The minimum atomic E-state index is -0.934. The monoisotopic (exact) mass is 472 g/mol. The number of carboxylic acids is 1. The highest BCUT2D eigenvalue weighted by Gasteiger charge is 2.32. The quantitative estimate of drug-likeness (QED) is 0.420. The first-order valence-electron chi connectivity index (χ1n) is 11.0. The second kappa shape index (κ2) is 8.22. The molecule has 0 saturated heterocycles. The largest absolute Gasteiger partial charge is 0.508 e. The number of thiophene rings is 1. The van der Waals surface area contributed by atoms with Crippen LogP contribution in [-0.4, -0.2) is 36.7 Å². The molecule has 1 aliphatic heterocycles. The van der Waals surface area contributed by atoms with E-state index in [-0.39, 0.29) is 12.2 Å². The molecule has 4 aromatic rings. The van der Waals surface area contributed by atoms with Crippen LogP contribution in [0.25, 0.3) is 16.1 Å². The fourth-order valence-electron chi connectivity index (χ4n) is 4.47. The highest BCUT2D eigenvalue weighted by molar-refractivity contribution is 7.15. The van der Waals surface area contributed by atoms with E-state index in [4.69, 9.17) is 4.99 Å². The van der Waals surface area contributed by atoms with Crippen molar-refractivity contribution in [1.29, 1.82) is 0 Å². The number of fused-ring (bicyclic) bond motifs is 3. The second-order valence-corrected chi connectivity index (χ2v) is 9.78. The average molecular weight is 473 g/mol. The summed E-state index contributed by atoms with van der Waals surface area (Å²) in [6.07, 6.45) is -0.167. The highest BCUT2D eigenvalue weighted by atomic mass is 32.1. The molecule has 2 N–H and O–H groups in total. The number of aliphatic carboxylic acids is 1. The van der Waals surface area contributed by atoms with E-state index in [2.05, 4.69) is 24.0 Å². The maximum Gasteiger partial charge on any atom is 0.306 e. The topological polar surface area (TPSA) is 101 Å². The Balaban J connectivity index is 1.68. The van der Waals surface area contributed by atoms with Crippen molar-refractivity contribution in [2.24, 2.45) is 4.99 Å². The molecule has 8 heteroatoms. The molecule has 1 aliphatic rings. The van der Waals surface area contributed by atoms with Gasteiger partial charge in [0.2, 0.25) is 0 Å². The van der Waals surface area contributed by atoms with Gasteiger partial charge in [0, 0.05) is 16.0 Å². The molecule has 1 atom stereocenters. The maximum atomic E-state index is 11.7. The van der Waals surface area contributed by atoms with Crippen LogP contribution in [0.1, 0.15) is 51.2 Å². The molecular weight excluding hydrogens is 448 g/mol. The van der Waals surface area contributed by atoms with Gasteiger partial charge in [-0.05, 0) is 62.1 Å². The fraction of sp³-hybridized carbons (Fsp3) is 0.231. The van der Waals surface area contributed by atoms with Gasteiger partial charge in [-0.3, -0.25) is 14.4 Å². The Morgan fingerprint density at radius 1 is 1.03 bits per heavy atom. The molecule has 0 fully saturated rings. The first-order chi connectivity index (χ1) is 16.2. The van der Waals surface area contributed by atoms with Gasteiger partial charge < -0.3 is 10.2 Å². The molecule has 0 spiro atoms. The van der Waals surface area contributed by atoms with E-state index in [1.165, 1.54) is 4.88 Å². The average Bonchev–Trinajstić information content (AvgIpc) is 3.26. The fourth-order valence-corrected chi connectivity index (χ4v) is 5.68. The van der Waals surface area contributed by atoms with Crippen LogP contribution >= 0.6 is 11.3 Å². The number of phenols is 1. The van der Waals surface area contributed by atoms with Crippen LogP contribution in [-0.2, 0) is 4.79 Å². The first kappa shape index (κ1) is 22.0. The second-order valence-electron chi connectivity index (χ2n) is 8.57. The number of benzene rings is 2. The molecule has 2 aromatic carbocycles. The number of phenolic OH excluding ortho intramolecular Hbond substituents is 1. The van der Waals surface area contributed by atoms with Gasteiger partial charge in [0.25, 0.3) is 0 Å². The molecule has 3 heterocycles. The van der Waals surface area contributed by atoms with Gasteiger partial charge >= 0.3 is 5.97 Å². The van der Waals surface area contributed by atoms with Gasteiger partial charge in [0.1, 0.15) is 22.6 Å². The molecule has 0 bridgehead atoms. The molecule has 2 aromatic heterocycles. The van der Waals surface area contributed by atoms with Crippen molar-refractivity contribution in [3.63, 3.8) is 0 Å². The van der Waals surface area contributed by atoms with Gasteiger partial charge in [-0.25, -0.2) is 0 Å². The third-order valence-electron chi connectivity index (χ3n) is 6.29. The third kappa shape index (κ3) is 3.60. The molecule has 0 radical (unpaired) electrons. The number of nitrogens with zero attached hydrogens (tertiary/aromatic N) is 4. The number of aliphatic imine (C=N–C) groups is 1. The summed E-state index contributed by atoms with van der Waals surface area (Å²) < 4.78 is 1.96. The lowest BCUT2D eigenvalue weighted by Crippen LogP contribution is -2.10. The summed E-state index contributed by atoms with van der Waals surface area (Å²) >= 11 is 1.65. The Hall–Kier alpha value is -3.78. The zero-order valence-corrected chi connectivity index (χ0v) is 20.1. The van der Waals surface area contributed by atoms with E-state index < -0.39 is 12.0 Å². The number of carboxylic acid groups (broad SMARTS) is 1. The molecule has 7 nitrogen and oxygen atoms in total. The van der Waals surface area contributed by atoms with Gasteiger partial charge in [0.15, 0.2) is 5.82 Å². The van der Waals surface area contributed by atoms with E-state index in [0.29, 0.717) is 11.6 Å². The van der Waals surface area contributed by atoms with Gasteiger partial charge in [-0.2, -0.15) is 0 Å². The van der Waals surface area contributed by atoms with E-state index in [1.54, 1.807) is 23.5 Å². The lowest BCUT2D eigenvalue weighted by Gasteiger charge is -2.12. The molecule has 34 heavy (non-hydrogen) atoms. The highest BCUT2D eigenvalue weighted by Crippen LogP contribution is 2.39. The van der Waals surface area contributed by atoms with E-state index in [9.17, 15) is 15.0 Å². The minimum Gasteiger partial charge on any atom is -0.508 e. The number of aromatic nitrogens is 3. The SMILES string of the molecule is Cc1cc(O)ccc1-c1ccc(C2=N[C@@H](CC(=O)O)c3nnc(C)n3-c3sc(C)c(C)c32)cc1. The molecule has 0 saturated carbocycles. The van der Waals surface area contributed by atoms with Crippen LogP contribution in [0.15, 0.2) is 47.5 Å². The number of aromatic hydroxyl groups is 1. The summed E-state index contributed by atoms with van der Waals surface area (Å²) in [4.78, 5) is 17.8. The van der Waals surface area contributed by atoms with Crippen molar-refractivity contribution in [3.8, 4) is 21.9 Å². The molecule has 0 unspecified atom stereocenters. The number of carbonyl (C=O) groups is 1. The Bertz CT molecular complexity index is 1460. The summed E-state index contributed by atoms with van der Waals surface area (Å²) in [7, 11) is 0. The normalized spacial score (nSPS) is 14.8. The van der Waals surface area contributed by atoms with Gasteiger partial charge in [0.05, 0.1) is 12.1 Å². The summed E-state index contributed by atoms with van der Waals surface area (Å²) in [5.41, 5.74) is 6.85. The molecule has 5 rings (SSSR count). The zero-order valence-electron chi connectivity index (χ0n) is 19.3. The van der Waals surface area contributed by atoms with E-state index >= 15 is 0 Å². The van der Waals surface area contributed by atoms with Crippen LogP contribution < -0.4 is 0 Å². The van der Waals surface area contributed by atoms with Crippen LogP contribution in [0.3, 0.4) is 0 Å². The summed E-state index contributed by atoms with van der Waals surface area (Å²) in [5, 5.41) is 28.8. The standard InChI is InChI=1S/C26H24N4O3S/c1-13-11-19(31)9-10-20(13)17-5-7-18(8-6-17)24-23-14(2)15(3)34-26(23)30-16(4)28-29-25(30)21(27-24)12-22(32)33/h5-11,21,31H,12H2,1-4H3,(H,32,33)/t21-/m0/s1.